The van der Waals surface area contributed by atoms with E-state index in [1.165, 1.54) is 0 Å². The molecule has 1 aliphatic heterocycles. The van der Waals surface area contributed by atoms with E-state index in [0.29, 0.717) is 30.4 Å². The maximum absolute atomic E-state index is 11.3. The molecule has 0 atom stereocenters. The van der Waals surface area contributed by atoms with Crippen molar-refractivity contribution in [3.63, 3.8) is 0 Å². The monoisotopic (exact) mass is 390 g/mol. The number of ether oxygens (including phenoxy) is 2. The lowest BCUT2D eigenvalue weighted by molar-refractivity contribution is -0.136. The van der Waals surface area contributed by atoms with Gasteiger partial charge in [-0.15, -0.1) is 0 Å². The Balaban J connectivity index is 1.77. The van der Waals surface area contributed by atoms with Crippen molar-refractivity contribution >= 4 is 5.97 Å². The zero-order valence-corrected chi connectivity index (χ0v) is 16.2. The first-order chi connectivity index (χ1) is 14.1. The van der Waals surface area contributed by atoms with Crippen LogP contribution in [0, 0.1) is 6.92 Å². The molecule has 0 amide bonds. The summed E-state index contributed by atoms with van der Waals surface area (Å²) in [5.41, 5.74) is 5.47. The zero-order valence-electron chi connectivity index (χ0n) is 16.2. The van der Waals surface area contributed by atoms with E-state index in [-0.39, 0.29) is 6.42 Å². The minimum Gasteiger partial charge on any atom is -0.493 e. The molecule has 6 heteroatoms. The van der Waals surface area contributed by atoms with Crippen molar-refractivity contribution in [1.29, 1.82) is 0 Å². The average Bonchev–Trinajstić information content (AvgIpc) is 2.71. The lowest BCUT2D eigenvalue weighted by Crippen LogP contribution is -2.08. The Morgan fingerprint density at radius 3 is 2.93 bits per heavy atom. The highest BCUT2D eigenvalue weighted by atomic mass is 16.5. The van der Waals surface area contributed by atoms with Crippen LogP contribution in [0.15, 0.2) is 48.8 Å². The molecule has 1 aromatic carbocycles. The van der Waals surface area contributed by atoms with E-state index in [1.807, 2.05) is 49.5 Å². The average molecular weight is 390 g/mol. The summed E-state index contributed by atoms with van der Waals surface area (Å²) in [5.74, 6) is 0.244. The second-order valence-electron chi connectivity index (χ2n) is 7.09. The summed E-state index contributed by atoms with van der Waals surface area (Å²) in [6.45, 7) is 2.86. The fourth-order valence-corrected chi connectivity index (χ4v) is 3.52. The first-order valence-electron chi connectivity index (χ1n) is 9.60. The van der Waals surface area contributed by atoms with Gasteiger partial charge in [-0.2, -0.15) is 0 Å². The second kappa shape index (κ2) is 8.31. The van der Waals surface area contributed by atoms with Crippen LogP contribution in [-0.2, 0) is 24.2 Å². The lowest BCUT2D eigenvalue weighted by Gasteiger charge is -2.17. The van der Waals surface area contributed by atoms with Gasteiger partial charge in [0.1, 0.15) is 12.4 Å². The smallest absolute Gasteiger partial charge is 0.307 e. The Morgan fingerprint density at radius 1 is 1.17 bits per heavy atom. The molecule has 0 aliphatic carbocycles. The summed E-state index contributed by atoms with van der Waals surface area (Å²) in [7, 11) is 0. The normalized spacial score (nSPS) is 13.4. The highest BCUT2D eigenvalue weighted by molar-refractivity contribution is 5.74. The molecule has 2 aromatic heterocycles. The maximum atomic E-state index is 11.3. The number of aliphatic carboxylic acids is 1. The van der Waals surface area contributed by atoms with Gasteiger partial charge in [0.25, 0.3) is 0 Å². The van der Waals surface area contributed by atoms with Crippen molar-refractivity contribution < 1.29 is 19.4 Å². The quantitative estimate of drug-likeness (QED) is 0.713. The van der Waals surface area contributed by atoms with Gasteiger partial charge in [0.15, 0.2) is 0 Å². The Kier molecular flexibility index (Phi) is 5.42. The minimum absolute atomic E-state index is 0.0835. The van der Waals surface area contributed by atoms with Gasteiger partial charge in [-0.1, -0.05) is 12.1 Å². The Bertz CT molecular complexity index is 1050. The Hall–Kier alpha value is -3.41. The molecule has 0 saturated carbocycles. The molecule has 1 aliphatic rings. The number of aryl methyl sites for hydroxylation is 2. The van der Waals surface area contributed by atoms with Crippen LogP contribution in [0.2, 0.25) is 0 Å². The van der Waals surface area contributed by atoms with Gasteiger partial charge in [-0.25, -0.2) is 4.98 Å². The summed E-state index contributed by atoms with van der Waals surface area (Å²) < 4.78 is 12.0. The summed E-state index contributed by atoms with van der Waals surface area (Å²) in [6.07, 6.45) is 5.12. The Labute approximate surface area is 169 Å². The molecule has 0 saturated heterocycles. The lowest BCUT2D eigenvalue weighted by atomic mass is 9.99. The summed E-state index contributed by atoms with van der Waals surface area (Å²) in [6, 6.07) is 11.4. The SMILES string of the molecule is Cc1cc(CC(=O)O)c2cc1-c1cccc(n1)OCc1ccncc1CCCO2. The van der Waals surface area contributed by atoms with Gasteiger partial charge >= 0.3 is 5.97 Å². The molecule has 3 heterocycles. The van der Waals surface area contributed by atoms with E-state index in [1.54, 1.807) is 6.20 Å². The van der Waals surface area contributed by atoms with Gasteiger partial charge in [-0.3, -0.25) is 9.78 Å². The van der Waals surface area contributed by atoms with Gasteiger partial charge < -0.3 is 14.6 Å². The number of fused-ring (bicyclic) bond motifs is 6. The number of nitrogens with zero attached hydrogens (tertiary/aromatic N) is 2. The third-order valence-electron chi connectivity index (χ3n) is 4.98. The Morgan fingerprint density at radius 2 is 2.07 bits per heavy atom. The number of pyridine rings is 2. The number of benzene rings is 1. The van der Waals surface area contributed by atoms with Crippen molar-refractivity contribution in [2.24, 2.45) is 0 Å². The molecule has 148 valence electrons. The summed E-state index contributed by atoms with van der Waals surface area (Å²) in [4.78, 5) is 20.2. The van der Waals surface area contributed by atoms with E-state index >= 15 is 0 Å². The molecule has 4 bridgehead atoms. The van der Waals surface area contributed by atoms with Crippen LogP contribution in [0.25, 0.3) is 11.3 Å². The number of rotatable bonds is 2. The molecule has 0 fully saturated rings. The first-order valence-corrected chi connectivity index (χ1v) is 9.60. The van der Waals surface area contributed by atoms with Gasteiger partial charge in [-0.05, 0) is 54.7 Å². The first kappa shape index (κ1) is 18.9. The van der Waals surface area contributed by atoms with Crippen molar-refractivity contribution in [2.45, 2.75) is 32.8 Å². The van der Waals surface area contributed by atoms with Gasteiger partial charge in [0.05, 0.1) is 18.7 Å². The van der Waals surface area contributed by atoms with Crippen molar-refractivity contribution in [3.05, 3.63) is 71.0 Å². The van der Waals surface area contributed by atoms with E-state index in [9.17, 15) is 9.90 Å². The predicted molar refractivity (Wildman–Crippen MR) is 108 cm³/mol. The molecular formula is C23H22N2O4. The van der Waals surface area contributed by atoms with E-state index in [4.69, 9.17) is 9.47 Å². The van der Waals surface area contributed by atoms with Crippen molar-refractivity contribution in [3.8, 4) is 22.9 Å². The molecule has 0 unspecified atom stereocenters. The van der Waals surface area contributed by atoms with Gasteiger partial charge in [0, 0.05) is 29.6 Å². The van der Waals surface area contributed by atoms with E-state index < -0.39 is 5.97 Å². The molecule has 0 spiro atoms. The van der Waals surface area contributed by atoms with Crippen LogP contribution in [0.5, 0.6) is 11.6 Å². The number of carbonyl (C=O) groups is 1. The maximum Gasteiger partial charge on any atom is 0.307 e. The van der Waals surface area contributed by atoms with Crippen molar-refractivity contribution in [1.82, 2.24) is 9.97 Å². The molecule has 0 radical (unpaired) electrons. The van der Waals surface area contributed by atoms with Crippen LogP contribution in [0.4, 0.5) is 0 Å². The highest BCUT2D eigenvalue weighted by Crippen LogP contribution is 2.32. The number of carboxylic acids is 1. The fraction of sp³-hybridized carbons (Fsp3) is 0.261. The number of hydrogen-bond acceptors (Lipinski definition) is 5. The third-order valence-corrected chi connectivity index (χ3v) is 4.98. The molecule has 4 rings (SSSR count). The largest absolute Gasteiger partial charge is 0.493 e. The topological polar surface area (TPSA) is 81.5 Å². The van der Waals surface area contributed by atoms with E-state index in [0.717, 1.165) is 40.8 Å². The minimum atomic E-state index is -0.884. The van der Waals surface area contributed by atoms with Gasteiger partial charge in [0.2, 0.25) is 5.88 Å². The number of carboxylic acid groups (broad SMARTS) is 1. The molecular weight excluding hydrogens is 368 g/mol. The van der Waals surface area contributed by atoms with Crippen LogP contribution in [0.3, 0.4) is 0 Å². The van der Waals surface area contributed by atoms with E-state index in [2.05, 4.69) is 9.97 Å². The molecule has 6 nitrogen and oxygen atoms in total. The van der Waals surface area contributed by atoms with Crippen LogP contribution in [-0.4, -0.2) is 27.7 Å². The summed E-state index contributed by atoms with van der Waals surface area (Å²) >= 11 is 0. The zero-order chi connectivity index (χ0) is 20.2. The molecule has 1 N–H and O–H groups in total. The standard InChI is InChI=1S/C23H22N2O4/c1-15-10-18(11-23(26)27)21-12-19(15)20-5-2-6-22(25-20)29-14-17-7-8-24-13-16(17)4-3-9-28-21/h2,5-8,10,12-13H,3-4,9,11,14H2,1H3,(H,26,27). The summed E-state index contributed by atoms with van der Waals surface area (Å²) in [5, 5.41) is 9.27. The fourth-order valence-electron chi connectivity index (χ4n) is 3.52. The highest BCUT2D eigenvalue weighted by Gasteiger charge is 2.15. The number of hydrogen-bond donors (Lipinski definition) is 1. The second-order valence-corrected chi connectivity index (χ2v) is 7.09. The number of aromatic nitrogens is 2. The third kappa shape index (κ3) is 4.37. The van der Waals surface area contributed by atoms with Crippen LogP contribution in [0.1, 0.15) is 28.7 Å². The predicted octanol–water partition coefficient (Wildman–Crippen LogP) is 3.98. The molecule has 3 aromatic rings. The van der Waals surface area contributed by atoms with Crippen LogP contribution >= 0.6 is 0 Å². The van der Waals surface area contributed by atoms with Crippen molar-refractivity contribution in [2.75, 3.05) is 6.61 Å². The molecule has 29 heavy (non-hydrogen) atoms. The van der Waals surface area contributed by atoms with Crippen LogP contribution < -0.4 is 9.47 Å².